The van der Waals surface area contributed by atoms with Gasteiger partial charge in [0.2, 0.25) is 0 Å². The van der Waals surface area contributed by atoms with Gasteiger partial charge in [0.25, 0.3) is 5.91 Å². The number of rotatable bonds is 5. The monoisotopic (exact) mass is 277 g/mol. The molecular weight excluding hydrogens is 254 g/mol. The number of pyridine rings is 1. The van der Waals surface area contributed by atoms with Gasteiger partial charge in [0, 0.05) is 33.4 Å². The molecule has 1 saturated heterocycles. The number of carbonyl (C=O) groups excluding carboxylic acids is 1. The van der Waals surface area contributed by atoms with Crippen molar-refractivity contribution in [3.8, 4) is 0 Å². The molecule has 1 amide bonds. The van der Waals surface area contributed by atoms with Crippen LogP contribution in [0.15, 0.2) is 18.3 Å². The summed E-state index contributed by atoms with van der Waals surface area (Å²) >= 11 is 0. The molecule has 110 valence electrons. The van der Waals surface area contributed by atoms with Crippen molar-refractivity contribution in [2.75, 3.05) is 38.7 Å². The summed E-state index contributed by atoms with van der Waals surface area (Å²) in [7, 11) is 1.84. The first kappa shape index (κ1) is 14.8. The van der Waals surface area contributed by atoms with Crippen LogP contribution in [0.2, 0.25) is 0 Å². The fourth-order valence-corrected chi connectivity index (χ4v) is 2.42. The molecule has 1 aliphatic heterocycles. The van der Waals surface area contributed by atoms with Gasteiger partial charge in [0.1, 0.15) is 5.69 Å². The highest BCUT2D eigenvalue weighted by atomic mass is 16.5. The van der Waals surface area contributed by atoms with Crippen LogP contribution < -0.4 is 5.32 Å². The van der Waals surface area contributed by atoms with Crippen molar-refractivity contribution in [3.63, 3.8) is 0 Å². The molecule has 20 heavy (non-hydrogen) atoms. The Bertz CT molecular complexity index is 427. The van der Waals surface area contributed by atoms with Crippen molar-refractivity contribution < 1.29 is 9.53 Å². The van der Waals surface area contributed by atoms with Gasteiger partial charge in [-0.15, -0.1) is 0 Å². The third kappa shape index (κ3) is 3.93. The van der Waals surface area contributed by atoms with Crippen LogP contribution in [0.1, 0.15) is 30.3 Å². The van der Waals surface area contributed by atoms with E-state index in [1.54, 1.807) is 17.2 Å². The maximum Gasteiger partial charge on any atom is 0.272 e. The zero-order valence-electron chi connectivity index (χ0n) is 12.3. The van der Waals surface area contributed by atoms with Crippen LogP contribution in [0.25, 0.3) is 0 Å². The van der Waals surface area contributed by atoms with E-state index in [0.29, 0.717) is 11.6 Å². The van der Waals surface area contributed by atoms with E-state index in [1.807, 2.05) is 20.0 Å². The van der Waals surface area contributed by atoms with Gasteiger partial charge in [-0.2, -0.15) is 0 Å². The molecule has 0 bridgehead atoms. The zero-order chi connectivity index (χ0) is 14.4. The number of hydrogen-bond donors (Lipinski definition) is 1. The number of anilines is 1. The maximum absolute atomic E-state index is 12.3. The molecule has 1 aromatic rings. The largest absolute Gasteiger partial charge is 0.384 e. The third-order valence-electron chi connectivity index (χ3n) is 3.58. The average molecular weight is 277 g/mol. The molecule has 0 spiro atoms. The Labute approximate surface area is 120 Å². The highest BCUT2D eigenvalue weighted by Gasteiger charge is 2.20. The number of nitrogens with one attached hydrogen (secondary N) is 1. The quantitative estimate of drug-likeness (QED) is 0.894. The van der Waals surface area contributed by atoms with E-state index in [1.165, 1.54) is 0 Å². The van der Waals surface area contributed by atoms with Crippen LogP contribution in [-0.4, -0.2) is 49.1 Å². The highest BCUT2D eigenvalue weighted by molar-refractivity contribution is 5.92. The number of amides is 1. The Morgan fingerprint density at radius 3 is 2.80 bits per heavy atom. The second-order valence-corrected chi connectivity index (χ2v) is 5.20. The van der Waals surface area contributed by atoms with Crippen molar-refractivity contribution >= 4 is 11.6 Å². The van der Waals surface area contributed by atoms with Gasteiger partial charge in [-0.1, -0.05) is 0 Å². The topological polar surface area (TPSA) is 54.5 Å². The van der Waals surface area contributed by atoms with Gasteiger partial charge in [0.15, 0.2) is 0 Å². The van der Waals surface area contributed by atoms with Crippen molar-refractivity contribution in [3.05, 3.63) is 24.0 Å². The average Bonchev–Trinajstić information content (AvgIpc) is 2.48. The van der Waals surface area contributed by atoms with Crippen molar-refractivity contribution in [2.24, 2.45) is 5.92 Å². The first-order valence-electron chi connectivity index (χ1n) is 7.24. The number of ether oxygens (including phenoxy) is 1. The summed E-state index contributed by atoms with van der Waals surface area (Å²) in [6.07, 6.45) is 3.77. The SMILES string of the molecule is CCNc1ccc(C(=O)N(C)CC2CCOCC2)nc1. The van der Waals surface area contributed by atoms with Crippen LogP contribution in [0.5, 0.6) is 0 Å². The van der Waals surface area contributed by atoms with Crippen LogP contribution in [0.3, 0.4) is 0 Å². The van der Waals surface area contributed by atoms with Crippen LogP contribution >= 0.6 is 0 Å². The molecule has 1 fully saturated rings. The minimum absolute atomic E-state index is 0.0143. The molecule has 5 heteroatoms. The summed E-state index contributed by atoms with van der Waals surface area (Å²) in [4.78, 5) is 18.3. The highest BCUT2D eigenvalue weighted by Crippen LogP contribution is 2.16. The van der Waals surface area contributed by atoms with Gasteiger partial charge in [-0.3, -0.25) is 4.79 Å². The van der Waals surface area contributed by atoms with Crippen molar-refractivity contribution in [1.29, 1.82) is 0 Å². The van der Waals surface area contributed by atoms with E-state index in [4.69, 9.17) is 4.74 Å². The molecule has 0 atom stereocenters. The molecule has 0 radical (unpaired) electrons. The standard InChI is InChI=1S/C15H23N3O2/c1-3-16-13-4-5-14(17-10-13)15(19)18(2)11-12-6-8-20-9-7-12/h4-5,10,12,16H,3,6-9,11H2,1-2H3. The lowest BCUT2D eigenvalue weighted by molar-refractivity contribution is 0.0495. The lowest BCUT2D eigenvalue weighted by Gasteiger charge is -2.27. The number of aromatic nitrogens is 1. The summed E-state index contributed by atoms with van der Waals surface area (Å²) < 4.78 is 5.34. The number of carbonyl (C=O) groups is 1. The Morgan fingerprint density at radius 1 is 1.45 bits per heavy atom. The smallest absolute Gasteiger partial charge is 0.272 e. The molecule has 1 N–H and O–H groups in total. The van der Waals surface area contributed by atoms with E-state index < -0.39 is 0 Å². The van der Waals surface area contributed by atoms with E-state index in [9.17, 15) is 4.79 Å². The first-order valence-corrected chi connectivity index (χ1v) is 7.24. The van der Waals surface area contributed by atoms with E-state index in [2.05, 4.69) is 10.3 Å². The molecule has 0 aromatic carbocycles. The Balaban J connectivity index is 1.91. The minimum atomic E-state index is -0.0143. The molecular formula is C15H23N3O2. The van der Waals surface area contributed by atoms with Gasteiger partial charge in [-0.05, 0) is 37.8 Å². The second kappa shape index (κ2) is 7.24. The van der Waals surface area contributed by atoms with E-state index in [0.717, 1.165) is 44.8 Å². The van der Waals surface area contributed by atoms with Crippen LogP contribution in [0, 0.1) is 5.92 Å². The zero-order valence-corrected chi connectivity index (χ0v) is 12.3. The van der Waals surface area contributed by atoms with Crippen molar-refractivity contribution in [1.82, 2.24) is 9.88 Å². The molecule has 0 unspecified atom stereocenters. The van der Waals surface area contributed by atoms with E-state index >= 15 is 0 Å². The summed E-state index contributed by atoms with van der Waals surface area (Å²) in [6, 6.07) is 3.67. The molecule has 0 aliphatic carbocycles. The van der Waals surface area contributed by atoms with Gasteiger partial charge in [0.05, 0.1) is 11.9 Å². The van der Waals surface area contributed by atoms with Crippen molar-refractivity contribution in [2.45, 2.75) is 19.8 Å². The van der Waals surface area contributed by atoms with Gasteiger partial charge < -0.3 is 15.0 Å². The maximum atomic E-state index is 12.3. The summed E-state index contributed by atoms with van der Waals surface area (Å²) in [5.41, 5.74) is 1.44. The fraction of sp³-hybridized carbons (Fsp3) is 0.600. The first-order chi connectivity index (χ1) is 9.70. The van der Waals surface area contributed by atoms with Gasteiger partial charge >= 0.3 is 0 Å². The fourth-order valence-electron chi connectivity index (χ4n) is 2.42. The molecule has 1 aliphatic rings. The number of nitrogens with zero attached hydrogens (tertiary/aromatic N) is 2. The number of hydrogen-bond acceptors (Lipinski definition) is 4. The lowest BCUT2D eigenvalue weighted by atomic mass is 10.00. The Morgan fingerprint density at radius 2 is 2.20 bits per heavy atom. The van der Waals surface area contributed by atoms with Crippen LogP contribution in [-0.2, 0) is 4.74 Å². The molecule has 2 rings (SSSR count). The molecule has 2 heterocycles. The Hall–Kier alpha value is -1.62. The normalized spacial score (nSPS) is 15.9. The predicted octanol–water partition coefficient (Wildman–Crippen LogP) is 2.01. The predicted molar refractivity (Wildman–Crippen MR) is 78.9 cm³/mol. The summed E-state index contributed by atoms with van der Waals surface area (Å²) in [6.45, 7) is 5.27. The molecule has 5 nitrogen and oxygen atoms in total. The second-order valence-electron chi connectivity index (χ2n) is 5.20. The lowest BCUT2D eigenvalue weighted by Crippen LogP contribution is -2.34. The Kier molecular flexibility index (Phi) is 5.35. The summed E-state index contributed by atoms with van der Waals surface area (Å²) in [5.74, 6) is 0.526. The van der Waals surface area contributed by atoms with E-state index in [-0.39, 0.29) is 5.91 Å². The third-order valence-corrected chi connectivity index (χ3v) is 3.58. The summed E-state index contributed by atoms with van der Waals surface area (Å²) in [5, 5.41) is 3.17. The van der Waals surface area contributed by atoms with Gasteiger partial charge in [-0.25, -0.2) is 4.98 Å². The van der Waals surface area contributed by atoms with Crippen LogP contribution in [0.4, 0.5) is 5.69 Å². The molecule has 0 saturated carbocycles. The minimum Gasteiger partial charge on any atom is -0.384 e. The molecule has 1 aromatic heterocycles.